The van der Waals surface area contributed by atoms with Crippen LogP contribution in [0.25, 0.3) is 6.08 Å². The molecule has 1 amide bonds. The lowest BCUT2D eigenvalue weighted by Gasteiger charge is -2.19. The summed E-state index contributed by atoms with van der Waals surface area (Å²) in [4.78, 5) is 28.7. The molecule has 0 spiro atoms. The highest BCUT2D eigenvalue weighted by atomic mass is 35.5. The molecule has 204 valence electrons. The number of hydrogen-bond donors (Lipinski definition) is 0. The van der Waals surface area contributed by atoms with Gasteiger partial charge in [0.25, 0.3) is 5.91 Å². The van der Waals surface area contributed by atoms with Gasteiger partial charge >= 0.3 is 5.97 Å². The van der Waals surface area contributed by atoms with E-state index in [0.29, 0.717) is 28.1 Å². The van der Waals surface area contributed by atoms with Crippen molar-refractivity contribution in [3.8, 4) is 17.6 Å². The molecule has 1 aliphatic heterocycles. The molecular formula is C30H26ClN3O5S. The van der Waals surface area contributed by atoms with Crippen molar-refractivity contribution in [2.24, 2.45) is 0 Å². The number of carbonyl (C=O) groups is 2. The first-order valence-electron chi connectivity index (χ1n) is 12.3. The molecule has 0 N–H and O–H groups in total. The number of amides is 1. The predicted octanol–water partition coefficient (Wildman–Crippen LogP) is 5.51. The molecular weight excluding hydrogens is 550 g/mol. The highest BCUT2D eigenvalue weighted by Gasteiger charge is 2.40. The minimum absolute atomic E-state index is 0.103. The number of nitriles is 1. The van der Waals surface area contributed by atoms with Crippen molar-refractivity contribution >= 4 is 52.6 Å². The van der Waals surface area contributed by atoms with E-state index in [1.54, 1.807) is 36.4 Å². The number of carbonyl (C=O) groups excluding carboxylic acids is 2. The van der Waals surface area contributed by atoms with E-state index in [1.807, 2.05) is 37.3 Å². The van der Waals surface area contributed by atoms with Gasteiger partial charge in [0.05, 0.1) is 36.6 Å². The normalized spacial score (nSPS) is 13.9. The fraction of sp³-hybridized carbons (Fsp3) is 0.200. The van der Waals surface area contributed by atoms with Crippen LogP contribution in [0.5, 0.6) is 11.5 Å². The van der Waals surface area contributed by atoms with Crippen molar-refractivity contribution in [2.45, 2.75) is 20.0 Å². The van der Waals surface area contributed by atoms with E-state index in [1.165, 1.54) is 24.0 Å². The van der Waals surface area contributed by atoms with Gasteiger partial charge in [-0.25, -0.2) is 0 Å². The van der Waals surface area contributed by atoms with E-state index in [9.17, 15) is 14.9 Å². The maximum atomic E-state index is 13.6. The Morgan fingerprint density at radius 3 is 2.50 bits per heavy atom. The standard InChI is InChI=1S/C30H26ClN3O5S/c1-4-19-9-11-23(12-10-19)34-29(36)25(33(30(34)40)17-27(35)38-3)14-20-13-24(31)28(26(15-20)37-2)39-18-22-8-6-5-7-21(22)16-32/h5-15H,4,17-18H2,1-3H3/b25-14-. The van der Waals surface area contributed by atoms with Crippen molar-refractivity contribution in [1.82, 2.24) is 4.90 Å². The Bertz CT molecular complexity index is 1530. The van der Waals surface area contributed by atoms with Gasteiger partial charge in [-0.1, -0.05) is 48.9 Å². The summed E-state index contributed by atoms with van der Waals surface area (Å²) in [7, 11) is 2.74. The summed E-state index contributed by atoms with van der Waals surface area (Å²) in [5.74, 6) is -0.340. The average molecular weight is 576 g/mol. The van der Waals surface area contributed by atoms with E-state index in [-0.39, 0.29) is 34.7 Å². The number of ether oxygens (including phenoxy) is 3. The van der Waals surface area contributed by atoms with Crippen LogP contribution >= 0.6 is 23.8 Å². The van der Waals surface area contributed by atoms with E-state index < -0.39 is 11.9 Å². The molecule has 0 bridgehead atoms. The number of thiocarbonyl (C=S) groups is 1. The minimum atomic E-state index is -0.554. The van der Waals surface area contributed by atoms with E-state index >= 15 is 0 Å². The van der Waals surface area contributed by atoms with Crippen molar-refractivity contribution < 1.29 is 23.8 Å². The predicted molar refractivity (Wildman–Crippen MR) is 156 cm³/mol. The molecule has 0 aliphatic carbocycles. The first-order valence-corrected chi connectivity index (χ1v) is 13.1. The van der Waals surface area contributed by atoms with Gasteiger partial charge in [0, 0.05) is 5.56 Å². The van der Waals surface area contributed by atoms with Gasteiger partial charge in [-0.05, 0) is 66.2 Å². The largest absolute Gasteiger partial charge is 0.493 e. The lowest BCUT2D eigenvalue weighted by Crippen LogP contribution is -2.35. The Morgan fingerprint density at radius 2 is 1.85 bits per heavy atom. The Balaban J connectivity index is 1.69. The molecule has 10 heteroatoms. The second-order valence-corrected chi connectivity index (χ2v) is 9.50. The molecule has 0 atom stereocenters. The smallest absolute Gasteiger partial charge is 0.325 e. The topological polar surface area (TPSA) is 92.1 Å². The first-order chi connectivity index (χ1) is 19.3. The number of halogens is 1. The van der Waals surface area contributed by atoms with Gasteiger partial charge in [-0.3, -0.25) is 14.5 Å². The Labute approximate surface area is 242 Å². The molecule has 3 aromatic carbocycles. The molecule has 1 aliphatic rings. The van der Waals surface area contributed by atoms with Crippen molar-refractivity contribution in [1.29, 1.82) is 5.26 Å². The number of anilines is 1. The van der Waals surface area contributed by atoms with Gasteiger partial charge < -0.3 is 19.1 Å². The third kappa shape index (κ3) is 5.93. The third-order valence-electron chi connectivity index (χ3n) is 6.32. The summed E-state index contributed by atoms with van der Waals surface area (Å²) in [5.41, 5.74) is 3.59. The third-order valence-corrected chi connectivity index (χ3v) is 7.00. The molecule has 1 heterocycles. The number of esters is 1. The highest BCUT2D eigenvalue weighted by molar-refractivity contribution is 7.80. The van der Waals surface area contributed by atoms with Crippen LogP contribution in [0, 0.1) is 11.3 Å². The maximum Gasteiger partial charge on any atom is 0.325 e. The fourth-order valence-corrected chi connectivity index (χ4v) is 4.79. The zero-order chi connectivity index (χ0) is 28.8. The average Bonchev–Trinajstić information content (AvgIpc) is 3.20. The van der Waals surface area contributed by atoms with E-state index in [0.717, 1.165) is 12.0 Å². The van der Waals surface area contributed by atoms with Crippen LogP contribution in [-0.4, -0.2) is 42.7 Å². The zero-order valence-corrected chi connectivity index (χ0v) is 23.7. The Kier molecular flexibility index (Phi) is 9.04. The summed E-state index contributed by atoms with van der Waals surface area (Å²) in [6.45, 7) is 1.90. The number of nitrogens with zero attached hydrogens (tertiary/aromatic N) is 3. The molecule has 3 aromatic rings. The number of hydrogen-bond acceptors (Lipinski definition) is 7. The molecule has 4 rings (SSSR count). The van der Waals surface area contributed by atoms with Crippen LogP contribution < -0.4 is 14.4 Å². The molecule has 40 heavy (non-hydrogen) atoms. The van der Waals surface area contributed by atoms with Gasteiger partial charge in [-0.15, -0.1) is 0 Å². The SMILES string of the molecule is CCc1ccc(N2C(=O)/C(=C/c3cc(Cl)c(OCc4ccccc4C#N)c(OC)c3)N(CC(=O)OC)C2=S)cc1. The molecule has 0 saturated carbocycles. The van der Waals surface area contributed by atoms with Crippen molar-refractivity contribution in [3.05, 3.63) is 93.6 Å². The van der Waals surface area contributed by atoms with Crippen LogP contribution in [0.3, 0.4) is 0 Å². The number of rotatable bonds is 9. The maximum absolute atomic E-state index is 13.6. The van der Waals surface area contributed by atoms with Crippen LogP contribution in [0.1, 0.15) is 29.2 Å². The summed E-state index contributed by atoms with van der Waals surface area (Å²) in [5, 5.41) is 9.74. The summed E-state index contributed by atoms with van der Waals surface area (Å²) >= 11 is 12.2. The van der Waals surface area contributed by atoms with Crippen LogP contribution in [0.4, 0.5) is 5.69 Å². The van der Waals surface area contributed by atoms with Crippen LogP contribution in [-0.2, 0) is 27.4 Å². The first kappa shape index (κ1) is 28.6. The van der Waals surface area contributed by atoms with E-state index in [4.69, 9.17) is 38.0 Å². The Hall–Kier alpha value is -4.39. The fourth-order valence-electron chi connectivity index (χ4n) is 4.16. The van der Waals surface area contributed by atoms with Gasteiger partial charge in [0.1, 0.15) is 18.8 Å². The minimum Gasteiger partial charge on any atom is -0.493 e. The number of methoxy groups -OCH3 is 2. The monoisotopic (exact) mass is 575 g/mol. The zero-order valence-electron chi connectivity index (χ0n) is 22.1. The van der Waals surface area contributed by atoms with Crippen molar-refractivity contribution in [3.63, 3.8) is 0 Å². The summed E-state index contributed by atoms with van der Waals surface area (Å²) in [6, 6.07) is 20.0. The van der Waals surface area contributed by atoms with Gasteiger partial charge in [0.2, 0.25) is 0 Å². The molecule has 8 nitrogen and oxygen atoms in total. The van der Waals surface area contributed by atoms with Crippen molar-refractivity contribution in [2.75, 3.05) is 25.7 Å². The lowest BCUT2D eigenvalue weighted by atomic mass is 10.1. The number of benzene rings is 3. The van der Waals surface area contributed by atoms with E-state index in [2.05, 4.69) is 6.07 Å². The highest BCUT2D eigenvalue weighted by Crippen LogP contribution is 2.38. The molecule has 1 saturated heterocycles. The quantitative estimate of drug-likeness (QED) is 0.187. The molecule has 0 radical (unpaired) electrons. The van der Waals surface area contributed by atoms with Gasteiger partial charge in [0.15, 0.2) is 16.6 Å². The summed E-state index contributed by atoms with van der Waals surface area (Å²) < 4.78 is 16.3. The Morgan fingerprint density at radius 1 is 1.12 bits per heavy atom. The second-order valence-electron chi connectivity index (χ2n) is 8.73. The molecule has 0 aromatic heterocycles. The second kappa shape index (κ2) is 12.6. The lowest BCUT2D eigenvalue weighted by molar-refractivity contribution is -0.140. The van der Waals surface area contributed by atoms with Gasteiger partial charge in [-0.2, -0.15) is 5.26 Å². The van der Waals surface area contributed by atoms with Crippen LogP contribution in [0.15, 0.2) is 66.4 Å². The molecule has 1 fully saturated rings. The van der Waals surface area contributed by atoms with Crippen LogP contribution in [0.2, 0.25) is 5.02 Å². The summed E-state index contributed by atoms with van der Waals surface area (Å²) in [6.07, 6.45) is 2.44. The molecule has 0 unspecified atom stereocenters. The number of aryl methyl sites for hydroxylation is 1.